The van der Waals surface area contributed by atoms with Crippen LogP contribution in [0.15, 0.2) is 47.4 Å². The first kappa shape index (κ1) is 15.5. The number of aryl methyl sites for hydroxylation is 1. The van der Waals surface area contributed by atoms with E-state index in [1.165, 1.54) is 12.1 Å². The van der Waals surface area contributed by atoms with Gasteiger partial charge in [0.2, 0.25) is 0 Å². The molecular weight excluding hydrogens is 310 g/mol. The van der Waals surface area contributed by atoms with Crippen LogP contribution in [0, 0.1) is 6.92 Å². The molecule has 1 amide bonds. The Morgan fingerprint density at radius 1 is 1.14 bits per heavy atom. The summed E-state index contributed by atoms with van der Waals surface area (Å²) in [5.74, 6) is -0.490. The van der Waals surface area contributed by atoms with E-state index < -0.39 is 15.7 Å². The molecule has 0 atom stereocenters. The van der Waals surface area contributed by atoms with Crippen LogP contribution < -0.4 is 5.32 Å². The van der Waals surface area contributed by atoms with Gasteiger partial charge in [-0.3, -0.25) is 4.79 Å². The second kappa shape index (κ2) is 5.87. The van der Waals surface area contributed by atoms with Crippen molar-refractivity contribution >= 4 is 33.0 Å². The van der Waals surface area contributed by atoms with Crippen LogP contribution >= 0.6 is 11.6 Å². The second-order valence-electron chi connectivity index (χ2n) is 4.69. The normalized spacial score (nSPS) is 11.2. The molecule has 6 heteroatoms. The molecule has 0 spiro atoms. The third-order valence-corrected chi connectivity index (χ3v) is 4.52. The van der Waals surface area contributed by atoms with Gasteiger partial charge in [0.25, 0.3) is 5.91 Å². The van der Waals surface area contributed by atoms with E-state index in [0.29, 0.717) is 10.7 Å². The molecule has 2 aromatic carbocycles. The van der Waals surface area contributed by atoms with E-state index in [9.17, 15) is 13.2 Å². The molecule has 0 radical (unpaired) electrons. The van der Waals surface area contributed by atoms with Crippen molar-refractivity contribution in [3.8, 4) is 0 Å². The molecule has 21 heavy (non-hydrogen) atoms. The maximum absolute atomic E-state index is 12.3. The van der Waals surface area contributed by atoms with E-state index in [1.807, 2.05) is 6.92 Å². The van der Waals surface area contributed by atoms with E-state index in [-0.39, 0.29) is 10.5 Å². The highest BCUT2D eigenvalue weighted by Crippen LogP contribution is 2.22. The first-order chi connectivity index (χ1) is 9.79. The van der Waals surface area contributed by atoms with Crippen LogP contribution in [0.2, 0.25) is 5.02 Å². The Balaban J connectivity index is 2.35. The number of carbonyl (C=O) groups excluding carboxylic acids is 1. The zero-order valence-electron chi connectivity index (χ0n) is 11.6. The Morgan fingerprint density at radius 3 is 2.43 bits per heavy atom. The lowest BCUT2D eigenvalue weighted by Crippen LogP contribution is -2.16. The van der Waals surface area contributed by atoms with Crippen molar-refractivity contribution in [3.05, 3.63) is 58.6 Å². The van der Waals surface area contributed by atoms with Gasteiger partial charge >= 0.3 is 0 Å². The highest BCUT2D eigenvalue weighted by molar-refractivity contribution is 7.90. The van der Waals surface area contributed by atoms with Crippen LogP contribution in [0.25, 0.3) is 0 Å². The fourth-order valence-electron chi connectivity index (χ4n) is 1.85. The lowest BCUT2D eigenvalue weighted by molar-refractivity contribution is 0.102. The molecule has 1 N–H and O–H groups in total. The summed E-state index contributed by atoms with van der Waals surface area (Å²) in [4.78, 5) is 12.3. The van der Waals surface area contributed by atoms with Crippen molar-refractivity contribution in [2.75, 3.05) is 11.6 Å². The molecule has 0 aromatic heterocycles. The Bertz CT molecular complexity index is 800. The standard InChI is InChI=1S/C15H14ClNO3S/c1-10-7-8-11(9-13(10)16)17-15(18)12-5-3-4-6-14(12)21(2,19)20/h3-9H,1-2H3,(H,17,18). The van der Waals surface area contributed by atoms with E-state index >= 15 is 0 Å². The summed E-state index contributed by atoms with van der Waals surface area (Å²) in [6.45, 7) is 1.85. The predicted octanol–water partition coefficient (Wildman–Crippen LogP) is 3.30. The maximum atomic E-state index is 12.3. The number of sulfone groups is 1. The minimum Gasteiger partial charge on any atom is -0.322 e. The molecule has 0 saturated heterocycles. The molecule has 2 aromatic rings. The fraction of sp³-hybridized carbons (Fsp3) is 0.133. The Labute approximate surface area is 128 Å². The third kappa shape index (κ3) is 3.62. The SMILES string of the molecule is Cc1ccc(NC(=O)c2ccccc2S(C)(=O)=O)cc1Cl. The fourth-order valence-corrected chi connectivity index (χ4v) is 2.91. The quantitative estimate of drug-likeness (QED) is 0.942. The highest BCUT2D eigenvalue weighted by atomic mass is 35.5. The van der Waals surface area contributed by atoms with Gasteiger partial charge in [0.1, 0.15) is 0 Å². The van der Waals surface area contributed by atoms with Crippen molar-refractivity contribution in [1.29, 1.82) is 0 Å². The Morgan fingerprint density at radius 2 is 1.81 bits per heavy atom. The number of nitrogens with one attached hydrogen (secondary N) is 1. The first-order valence-corrected chi connectivity index (χ1v) is 8.42. The van der Waals surface area contributed by atoms with Crippen LogP contribution in [-0.2, 0) is 9.84 Å². The van der Waals surface area contributed by atoms with E-state index in [4.69, 9.17) is 11.6 Å². The van der Waals surface area contributed by atoms with Gasteiger partial charge in [-0.05, 0) is 36.8 Å². The maximum Gasteiger partial charge on any atom is 0.256 e. The van der Waals surface area contributed by atoms with Crippen LogP contribution in [0.5, 0.6) is 0 Å². The Hall–Kier alpha value is -1.85. The van der Waals surface area contributed by atoms with E-state index in [1.54, 1.807) is 30.3 Å². The molecule has 0 aliphatic rings. The van der Waals surface area contributed by atoms with Crippen LogP contribution in [0.4, 0.5) is 5.69 Å². The van der Waals surface area contributed by atoms with Gasteiger partial charge < -0.3 is 5.32 Å². The van der Waals surface area contributed by atoms with Crippen molar-refractivity contribution in [2.45, 2.75) is 11.8 Å². The number of hydrogen-bond acceptors (Lipinski definition) is 3. The number of carbonyl (C=O) groups is 1. The largest absolute Gasteiger partial charge is 0.322 e. The number of amides is 1. The highest BCUT2D eigenvalue weighted by Gasteiger charge is 2.18. The zero-order chi connectivity index (χ0) is 15.6. The molecule has 0 aliphatic carbocycles. The summed E-state index contributed by atoms with van der Waals surface area (Å²) in [6.07, 6.45) is 1.07. The number of halogens is 1. The molecule has 2 rings (SSSR count). The molecule has 0 heterocycles. The smallest absolute Gasteiger partial charge is 0.256 e. The Kier molecular flexibility index (Phi) is 4.34. The van der Waals surface area contributed by atoms with Crippen molar-refractivity contribution in [2.24, 2.45) is 0 Å². The monoisotopic (exact) mass is 323 g/mol. The minimum atomic E-state index is -3.47. The molecule has 110 valence electrons. The van der Waals surface area contributed by atoms with Gasteiger partial charge in [0, 0.05) is 17.0 Å². The summed E-state index contributed by atoms with van der Waals surface area (Å²) in [6, 6.07) is 11.2. The number of anilines is 1. The number of hydrogen-bond donors (Lipinski definition) is 1. The minimum absolute atomic E-state index is 0.000656. The lowest BCUT2D eigenvalue weighted by Gasteiger charge is -2.09. The topological polar surface area (TPSA) is 63.2 Å². The molecule has 4 nitrogen and oxygen atoms in total. The molecule has 0 unspecified atom stereocenters. The third-order valence-electron chi connectivity index (χ3n) is 2.96. The van der Waals surface area contributed by atoms with Crippen molar-refractivity contribution < 1.29 is 13.2 Å². The zero-order valence-corrected chi connectivity index (χ0v) is 13.1. The molecule has 0 fully saturated rings. The van der Waals surface area contributed by atoms with Gasteiger partial charge in [0.05, 0.1) is 10.5 Å². The summed E-state index contributed by atoms with van der Waals surface area (Å²) in [7, 11) is -3.47. The summed E-state index contributed by atoms with van der Waals surface area (Å²) in [5.41, 5.74) is 1.52. The number of rotatable bonds is 3. The summed E-state index contributed by atoms with van der Waals surface area (Å²) < 4.78 is 23.4. The van der Waals surface area contributed by atoms with Gasteiger partial charge in [-0.1, -0.05) is 29.8 Å². The summed E-state index contributed by atoms with van der Waals surface area (Å²) in [5, 5.41) is 3.18. The molecule has 0 bridgehead atoms. The average Bonchev–Trinajstić information content (AvgIpc) is 2.42. The molecule has 0 saturated carbocycles. The van der Waals surface area contributed by atoms with Crippen LogP contribution in [-0.4, -0.2) is 20.6 Å². The second-order valence-corrected chi connectivity index (χ2v) is 7.08. The van der Waals surface area contributed by atoms with Crippen molar-refractivity contribution in [1.82, 2.24) is 0 Å². The number of benzene rings is 2. The van der Waals surface area contributed by atoms with E-state index in [2.05, 4.69) is 5.32 Å². The van der Waals surface area contributed by atoms with Gasteiger partial charge in [0.15, 0.2) is 9.84 Å². The van der Waals surface area contributed by atoms with Gasteiger partial charge in [-0.2, -0.15) is 0 Å². The van der Waals surface area contributed by atoms with Gasteiger partial charge in [-0.15, -0.1) is 0 Å². The predicted molar refractivity (Wildman–Crippen MR) is 83.7 cm³/mol. The average molecular weight is 324 g/mol. The molecular formula is C15H14ClNO3S. The molecule has 0 aliphatic heterocycles. The van der Waals surface area contributed by atoms with Crippen LogP contribution in [0.1, 0.15) is 15.9 Å². The summed E-state index contributed by atoms with van der Waals surface area (Å²) >= 11 is 6.00. The lowest BCUT2D eigenvalue weighted by atomic mass is 10.2. The first-order valence-electron chi connectivity index (χ1n) is 6.15. The van der Waals surface area contributed by atoms with Crippen molar-refractivity contribution in [3.63, 3.8) is 0 Å². The van der Waals surface area contributed by atoms with Gasteiger partial charge in [-0.25, -0.2) is 8.42 Å². The van der Waals surface area contributed by atoms with Crippen LogP contribution in [0.3, 0.4) is 0 Å². The van der Waals surface area contributed by atoms with E-state index in [0.717, 1.165) is 11.8 Å².